The highest BCUT2D eigenvalue weighted by Gasteiger charge is 2.02. The lowest BCUT2D eigenvalue weighted by atomic mass is 10.6. The van der Waals surface area contributed by atoms with E-state index in [2.05, 4.69) is 32.1 Å². The van der Waals surface area contributed by atoms with Gasteiger partial charge in [-0.05, 0) is 6.92 Å². The molecule has 0 bridgehead atoms. The Morgan fingerprint density at radius 3 is 3.14 bits per heavy atom. The highest BCUT2D eigenvalue weighted by molar-refractivity contribution is 5.70. The molecule has 0 aliphatic carbocycles. The third-order valence-electron chi connectivity index (χ3n) is 1.31. The fourth-order valence-electron chi connectivity index (χ4n) is 0.810. The first kappa shape index (κ1) is 10.1. The minimum absolute atomic E-state index is 0.323. The van der Waals surface area contributed by atoms with Gasteiger partial charge in [0.15, 0.2) is 0 Å². The van der Waals surface area contributed by atoms with Gasteiger partial charge in [0, 0.05) is 6.07 Å². The van der Waals surface area contributed by atoms with Gasteiger partial charge in [-0.3, -0.25) is 10.4 Å². The molecule has 1 rings (SSSR count). The number of nitrogens with one attached hydrogen (secondary N) is 3. The first-order chi connectivity index (χ1) is 6.72. The molecule has 1 aromatic heterocycles. The third kappa shape index (κ3) is 3.18. The zero-order valence-electron chi connectivity index (χ0n) is 7.83. The van der Waals surface area contributed by atoms with Crippen LogP contribution in [0.25, 0.3) is 0 Å². The van der Waals surface area contributed by atoms with Crippen molar-refractivity contribution in [3.05, 3.63) is 24.7 Å². The quantitative estimate of drug-likeness (QED) is 0.672. The summed E-state index contributed by atoms with van der Waals surface area (Å²) in [6.07, 6.45) is 1.05. The van der Waals surface area contributed by atoms with Crippen LogP contribution < -0.4 is 10.6 Å². The Kier molecular flexibility index (Phi) is 3.54. The van der Waals surface area contributed by atoms with Crippen molar-refractivity contribution < 1.29 is 9.53 Å². The normalized spacial score (nSPS) is 9.21. The number of carbonyl (C=O) groups excluding carboxylic acids is 1. The lowest BCUT2D eigenvalue weighted by Crippen LogP contribution is -2.26. The summed E-state index contributed by atoms with van der Waals surface area (Å²) >= 11 is 0. The lowest BCUT2D eigenvalue weighted by Gasteiger charge is -2.08. The molecule has 1 aromatic rings. The van der Waals surface area contributed by atoms with Crippen molar-refractivity contribution in [3.8, 4) is 0 Å². The van der Waals surface area contributed by atoms with Crippen molar-refractivity contribution in [3.63, 3.8) is 0 Å². The van der Waals surface area contributed by atoms with Gasteiger partial charge in [0.05, 0.1) is 12.8 Å². The smallest absolute Gasteiger partial charge is 0.412 e. The summed E-state index contributed by atoms with van der Waals surface area (Å²) in [6, 6.07) is 1.71. The van der Waals surface area contributed by atoms with Gasteiger partial charge in [-0.1, -0.05) is 6.58 Å². The highest BCUT2D eigenvalue weighted by Crippen LogP contribution is 2.00. The fourth-order valence-corrected chi connectivity index (χ4v) is 0.810. The second-order valence-electron chi connectivity index (χ2n) is 2.42. The number of carbonyl (C=O) groups is 1. The summed E-state index contributed by atoms with van der Waals surface area (Å²) < 4.78 is 4.66. The van der Waals surface area contributed by atoms with E-state index in [0.717, 1.165) is 0 Å². The van der Waals surface area contributed by atoms with E-state index in [4.69, 9.17) is 0 Å². The largest absolute Gasteiger partial charge is 0.450 e. The van der Waals surface area contributed by atoms with Gasteiger partial charge in [0.2, 0.25) is 0 Å². The number of aromatic nitrogens is 2. The van der Waals surface area contributed by atoms with Crippen LogP contribution in [-0.4, -0.2) is 22.9 Å². The number of amides is 1. The zero-order chi connectivity index (χ0) is 10.4. The Bertz CT molecular complexity index is 307. The predicted octanol–water partition coefficient (Wildman–Crippen LogP) is 1.04. The van der Waals surface area contributed by atoms with Crippen molar-refractivity contribution in [2.24, 2.45) is 0 Å². The van der Waals surface area contributed by atoms with Crippen LogP contribution >= 0.6 is 0 Å². The molecule has 6 heteroatoms. The Labute approximate surface area is 81.3 Å². The number of aromatic amines is 1. The molecule has 0 aromatic carbocycles. The van der Waals surface area contributed by atoms with Crippen molar-refractivity contribution in [1.82, 2.24) is 15.5 Å². The molecule has 0 aliphatic heterocycles. The molecule has 1 heterocycles. The molecular weight excluding hydrogens is 184 g/mol. The van der Waals surface area contributed by atoms with Crippen molar-refractivity contribution >= 4 is 11.9 Å². The van der Waals surface area contributed by atoms with Gasteiger partial charge < -0.3 is 10.1 Å². The van der Waals surface area contributed by atoms with Crippen molar-refractivity contribution in [2.75, 3.05) is 11.9 Å². The van der Waals surface area contributed by atoms with Crippen LogP contribution in [-0.2, 0) is 4.74 Å². The molecule has 3 N–H and O–H groups in total. The first-order valence-electron chi connectivity index (χ1n) is 4.11. The maximum absolute atomic E-state index is 10.9. The Morgan fingerprint density at radius 2 is 2.57 bits per heavy atom. The number of H-pyrrole nitrogens is 1. The Balaban J connectivity index is 2.33. The number of hydrogen-bond acceptors (Lipinski definition) is 4. The van der Waals surface area contributed by atoms with Crippen LogP contribution in [0, 0.1) is 0 Å². The standard InChI is InChI=1S/C8H12N4O2/c1-3-14-8(13)11-6(2)10-7-4-5-9-12-7/h4-5H,2-3H2,1H3,(H,11,13)(H2,9,10,12). The van der Waals surface area contributed by atoms with E-state index in [-0.39, 0.29) is 0 Å². The molecule has 0 spiro atoms. The molecule has 0 radical (unpaired) electrons. The average Bonchev–Trinajstić information content (AvgIpc) is 2.56. The zero-order valence-corrected chi connectivity index (χ0v) is 7.83. The number of rotatable bonds is 4. The predicted molar refractivity (Wildman–Crippen MR) is 51.5 cm³/mol. The fraction of sp³-hybridized carbons (Fsp3) is 0.250. The highest BCUT2D eigenvalue weighted by atomic mass is 16.5. The summed E-state index contributed by atoms with van der Waals surface area (Å²) in [5, 5.41) is 11.6. The number of alkyl carbamates (subject to hydrolysis) is 1. The maximum Gasteiger partial charge on any atom is 0.412 e. The van der Waals surface area contributed by atoms with E-state index in [9.17, 15) is 4.79 Å². The van der Waals surface area contributed by atoms with Gasteiger partial charge in [0.1, 0.15) is 11.6 Å². The maximum atomic E-state index is 10.9. The van der Waals surface area contributed by atoms with E-state index >= 15 is 0 Å². The van der Waals surface area contributed by atoms with Crippen LogP contribution in [0.4, 0.5) is 10.6 Å². The van der Waals surface area contributed by atoms with E-state index < -0.39 is 6.09 Å². The minimum Gasteiger partial charge on any atom is -0.450 e. The van der Waals surface area contributed by atoms with Crippen LogP contribution in [0.1, 0.15) is 6.92 Å². The minimum atomic E-state index is -0.537. The van der Waals surface area contributed by atoms with Crippen LogP contribution in [0.3, 0.4) is 0 Å². The molecule has 1 amide bonds. The molecule has 0 saturated heterocycles. The molecule has 6 nitrogen and oxygen atoms in total. The molecule has 14 heavy (non-hydrogen) atoms. The van der Waals surface area contributed by atoms with Gasteiger partial charge >= 0.3 is 6.09 Å². The van der Waals surface area contributed by atoms with Gasteiger partial charge in [-0.25, -0.2) is 4.79 Å². The van der Waals surface area contributed by atoms with E-state index in [0.29, 0.717) is 18.2 Å². The lowest BCUT2D eigenvalue weighted by molar-refractivity contribution is 0.155. The van der Waals surface area contributed by atoms with Gasteiger partial charge in [-0.2, -0.15) is 5.10 Å². The second kappa shape index (κ2) is 4.90. The molecule has 0 fully saturated rings. The van der Waals surface area contributed by atoms with Gasteiger partial charge in [0.25, 0.3) is 0 Å². The topological polar surface area (TPSA) is 79.0 Å². The van der Waals surface area contributed by atoms with E-state index in [1.54, 1.807) is 19.2 Å². The number of hydrogen-bond donors (Lipinski definition) is 3. The van der Waals surface area contributed by atoms with Crippen LogP contribution in [0.5, 0.6) is 0 Å². The molecule has 0 saturated carbocycles. The summed E-state index contributed by atoms with van der Waals surface area (Å²) in [7, 11) is 0. The summed E-state index contributed by atoms with van der Waals surface area (Å²) in [5.74, 6) is 0.972. The number of nitrogens with zero attached hydrogens (tertiary/aromatic N) is 1. The van der Waals surface area contributed by atoms with Crippen molar-refractivity contribution in [1.29, 1.82) is 0 Å². The van der Waals surface area contributed by atoms with E-state index in [1.165, 1.54) is 0 Å². The summed E-state index contributed by atoms with van der Waals surface area (Å²) in [6.45, 7) is 5.63. The Morgan fingerprint density at radius 1 is 1.79 bits per heavy atom. The molecule has 0 atom stereocenters. The summed E-state index contributed by atoms with van der Waals surface area (Å²) in [4.78, 5) is 10.9. The van der Waals surface area contributed by atoms with Crippen LogP contribution in [0.15, 0.2) is 24.7 Å². The monoisotopic (exact) mass is 196 g/mol. The average molecular weight is 196 g/mol. The first-order valence-corrected chi connectivity index (χ1v) is 4.11. The van der Waals surface area contributed by atoms with E-state index in [1.807, 2.05) is 0 Å². The number of anilines is 1. The molecule has 76 valence electrons. The molecule has 0 unspecified atom stereocenters. The van der Waals surface area contributed by atoms with Crippen molar-refractivity contribution in [2.45, 2.75) is 6.92 Å². The molecular formula is C8H12N4O2. The number of ether oxygens (including phenoxy) is 1. The second-order valence-corrected chi connectivity index (χ2v) is 2.42. The molecule has 0 aliphatic rings. The summed E-state index contributed by atoms with van der Waals surface area (Å²) in [5.41, 5.74) is 0. The third-order valence-corrected chi connectivity index (χ3v) is 1.31. The SMILES string of the molecule is C=C(NC(=O)OCC)Nc1ccn[nH]1. The van der Waals surface area contributed by atoms with Gasteiger partial charge in [-0.15, -0.1) is 0 Å². The Hall–Kier alpha value is -1.98. The van der Waals surface area contributed by atoms with Crippen LogP contribution in [0.2, 0.25) is 0 Å².